The number of para-hydroxylation sites is 1. The number of thioether (sulfide) groups is 1. The number of hydrogen-bond donors (Lipinski definition) is 1. The van der Waals surface area contributed by atoms with Crippen molar-refractivity contribution in [1.29, 1.82) is 0 Å². The van der Waals surface area contributed by atoms with Crippen molar-refractivity contribution >= 4 is 46.0 Å². The number of nitrogens with one attached hydrogen (secondary N) is 1. The molecule has 0 bridgehead atoms. The van der Waals surface area contributed by atoms with Crippen LogP contribution in [0, 0.1) is 5.82 Å². The minimum Gasteiger partial charge on any atom is -0.322 e. The van der Waals surface area contributed by atoms with Crippen molar-refractivity contribution in [3.05, 3.63) is 83.4 Å². The predicted octanol–water partition coefficient (Wildman–Crippen LogP) is 6.11. The molecule has 0 spiro atoms. The highest BCUT2D eigenvalue weighted by Gasteiger charge is 2.25. The number of carbonyl (C=O) groups excluding carboxylic acids is 1. The van der Waals surface area contributed by atoms with Gasteiger partial charge in [-0.15, -0.1) is 0 Å². The van der Waals surface area contributed by atoms with E-state index in [-0.39, 0.29) is 11.6 Å². The first kappa shape index (κ1) is 21.3. The first-order valence-corrected chi connectivity index (χ1v) is 11.2. The number of fused-ring (bicyclic) bond motifs is 1. The maximum atomic E-state index is 14.1. The molecule has 5 nitrogen and oxygen atoms in total. The van der Waals surface area contributed by atoms with Gasteiger partial charge in [-0.3, -0.25) is 9.78 Å². The molecule has 4 rings (SSSR count). The van der Waals surface area contributed by atoms with Gasteiger partial charge >= 0.3 is 0 Å². The molecule has 0 aliphatic rings. The summed E-state index contributed by atoms with van der Waals surface area (Å²) in [6.45, 7) is 1.92. The number of rotatable bonds is 7. The van der Waals surface area contributed by atoms with Gasteiger partial charge in [0.05, 0.1) is 22.9 Å². The Morgan fingerprint density at radius 1 is 1.23 bits per heavy atom. The van der Waals surface area contributed by atoms with Crippen molar-refractivity contribution in [3.63, 3.8) is 0 Å². The SMILES string of the molecule is CCC(C(=O)Nc1ccccc1F)n1c(SCc2cccc(Cl)c2)nc2ccncc21. The molecule has 2 heterocycles. The monoisotopic (exact) mass is 454 g/mol. The standard InChI is InChI=1S/C23H20ClFN4OS/c1-2-20(22(30)27-18-9-4-3-8-17(18)25)29-21-13-26-11-10-19(21)28-23(29)31-14-15-6-5-7-16(24)12-15/h3-13,20H,2,14H2,1H3,(H,27,30). The second kappa shape index (κ2) is 9.49. The molecule has 158 valence electrons. The van der Waals surface area contributed by atoms with E-state index in [9.17, 15) is 9.18 Å². The van der Waals surface area contributed by atoms with Crippen LogP contribution in [0.4, 0.5) is 10.1 Å². The number of hydrogen-bond acceptors (Lipinski definition) is 4. The molecule has 4 aromatic rings. The van der Waals surface area contributed by atoms with E-state index >= 15 is 0 Å². The third-order valence-corrected chi connectivity index (χ3v) is 6.11. The molecule has 1 unspecified atom stereocenters. The molecule has 1 amide bonds. The van der Waals surface area contributed by atoms with Crippen LogP contribution in [0.1, 0.15) is 24.9 Å². The molecule has 8 heteroatoms. The average molecular weight is 455 g/mol. The van der Waals surface area contributed by atoms with Crippen LogP contribution in [0.3, 0.4) is 0 Å². The Labute approximate surface area is 188 Å². The molecule has 1 atom stereocenters. The fraction of sp³-hybridized carbons (Fsp3) is 0.174. The number of halogens is 2. The summed E-state index contributed by atoms with van der Waals surface area (Å²) in [5, 5.41) is 4.08. The third-order valence-electron chi connectivity index (χ3n) is 4.85. The number of aromatic nitrogens is 3. The fourth-order valence-corrected chi connectivity index (χ4v) is 4.58. The molecule has 1 N–H and O–H groups in total. The van der Waals surface area contributed by atoms with Crippen LogP contribution in [-0.2, 0) is 10.5 Å². The molecule has 31 heavy (non-hydrogen) atoms. The molecular weight excluding hydrogens is 435 g/mol. The minimum absolute atomic E-state index is 0.154. The zero-order valence-corrected chi connectivity index (χ0v) is 18.3. The lowest BCUT2D eigenvalue weighted by molar-refractivity contribution is -0.119. The lowest BCUT2D eigenvalue weighted by Crippen LogP contribution is -2.26. The highest BCUT2D eigenvalue weighted by atomic mass is 35.5. The van der Waals surface area contributed by atoms with Crippen molar-refractivity contribution < 1.29 is 9.18 Å². The number of benzene rings is 2. The minimum atomic E-state index is -0.573. The first-order valence-electron chi connectivity index (χ1n) is 9.81. The summed E-state index contributed by atoms with van der Waals surface area (Å²) in [7, 11) is 0. The molecule has 2 aromatic carbocycles. The Morgan fingerprint density at radius 2 is 2.06 bits per heavy atom. The second-order valence-corrected chi connectivity index (χ2v) is 8.32. The number of anilines is 1. The number of carbonyl (C=O) groups is 1. The van der Waals surface area contributed by atoms with E-state index in [1.807, 2.05) is 41.8 Å². The number of amides is 1. The third kappa shape index (κ3) is 4.73. The van der Waals surface area contributed by atoms with Crippen LogP contribution >= 0.6 is 23.4 Å². The average Bonchev–Trinajstić information content (AvgIpc) is 3.13. The van der Waals surface area contributed by atoms with Crippen molar-refractivity contribution in [3.8, 4) is 0 Å². The summed E-state index contributed by atoms with van der Waals surface area (Å²) in [5.41, 5.74) is 2.71. The zero-order valence-electron chi connectivity index (χ0n) is 16.8. The van der Waals surface area contributed by atoms with Crippen molar-refractivity contribution in [2.24, 2.45) is 0 Å². The van der Waals surface area contributed by atoms with E-state index in [1.165, 1.54) is 17.8 Å². The Balaban J connectivity index is 1.67. The van der Waals surface area contributed by atoms with Gasteiger partial charge in [0, 0.05) is 17.0 Å². The van der Waals surface area contributed by atoms with Crippen LogP contribution in [0.5, 0.6) is 0 Å². The molecule has 2 aromatic heterocycles. The summed E-state index contributed by atoms with van der Waals surface area (Å²) in [6, 6.07) is 15.0. The Morgan fingerprint density at radius 3 is 2.84 bits per heavy atom. The molecule has 0 saturated carbocycles. The highest BCUT2D eigenvalue weighted by Crippen LogP contribution is 2.32. The Bertz CT molecular complexity index is 1230. The highest BCUT2D eigenvalue weighted by molar-refractivity contribution is 7.98. The molecular formula is C23H20ClFN4OS. The van der Waals surface area contributed by atoms with Crippen LogP contribution in [0.2, 0.25) is 5.02 Å². The van der Waals surface area contributed by atoms with Crippen molar-refractivity contribution in [2.45, 2.75) is 30.3 Å². The van der Waals surface area contributed by atoms with Gasteiger partial charge in [-0.2, -0.15) is 0 Å². The van der Waals surface area contributed by atoms with Crippen LogP contribution < -0.4 is 5.32 Å². The van der Waals surface area contributed by atoms with Gasteiger partial charge in [0.15, 0.2) is 5.16 Å². The first-order chi connectivity index (χ1) is 15.1. The maximum absolute atomic E-state index is 14.1. The van der Waals surface area contributed by atoms with E-state index in [2.05, 4.69) is 10.3 Å². The van der Waals surface area contributed by atoms with Gasteiger partial charge in [0.1, 0.15) is 11.9 Å². The topological polar surface area (TPSA) is 59.8 Å². The summed E-state index contributed by atoms with van der Waals surface area (Å²) in [5.74, 6) is -0.137. The summed E-state index contributed by atoms with van der Waals surface area (Å²) in [6.07, 6.45) is 3.88. The van der Waals surface area contributed by atoms with Gasteiger partial charge < -0.3 is 9.88 Å². The van der Waals surface area contributed by atoms with Crippen LogP contribution in [0.15, 0.2) is 72.1 Å². The van der Waals surface area contributed by atoms with Gasteiger partial charge in [0.2, 0.25) is 5.91 Å². The number of pyridine rings is 1. The van der Waals surface area contributed by atoms with Crippen LogP contribution in [0.25, 0.3) is 11.0 Å². The van der Waals surface area contributed by atoms with Gasteiger partial charge in [-0.1, -0.05) is 54.6 Å². The zero-order chi connectivity index (χ0) is 21.8. The Hall–Kier alpha value is -2.90. The Kier molecular flexibility index (Phi) is 6.53. The molecule has 0 fully saturated rings. The summed E-state index contributed by atoms with van der Waals surface area (Å²) in [4.78, 5) is 22.1. The summed E-state index contributed by atoms with van der Waals surface area (Å²) < 4.78 is 16.0. The lowest BCUT2D eigenvalue weighted by Gasteiger charge is -2.20. The number of nitrogens with zero attached hydrogens (tertiary/aromatic N) is 3. The van der Waals surface area contributed by atoms with Crippen LogP contribution in [-0.4, -0.2) is 20.4 Å². The van der Waals surface area contributed by atoms with Gasteiger partial charge in [-0.05, 0) is 42.3 Å². The smallest absolute Gasteiger partial charge is 0.247 e. The molecule has 0 aliphatic carbocycles. The molecule has 0 aliphatic heterocycles. The van der Waals surface area contributed by atoms with E-state index in [4.69, 9.17) is 16.6 Å². The van der Waals surface area contributed by atoms with Gasteiger partial charge in [-0.25, -0.2) is 9.37 Å². The largest absolute Gasteiger partial charge is 0.322 e. The van der Waals surface area contributed by atoms with E-state index in [1.54, 1.807) is 30.6 Å². The molecule has 0 saturated heterocycles. The normalized spacial score (nSPS) is 12.1. The van der Waals surface area contributed by atoms with Gasteiger partial charge in [0.25, 0.3) is 0 Å². The lowest BCUT2D eigenvalue weighted by atomic mass is 10.2. The number of imidazole rings is 1. The van der Waals surface area contributed by atoms with E-state index in [0.717, 1.165) is 16.6 Å². The maximum Gasteiger partial charge on any atom is 0.247 e. The van der Waals surface area contributed by atoms with Crippen molar-refractivity contribution in [1.82, 2.24) is 14.5 Å². The second-order valence-electron chi connectivity index (χ2n) is 6.94. The summed E-state index contributed by atoms with van der Waals surface area (Å²) >= 11 is 7.62. The fourth-order valence-electron chi connectivity index (χ4n) is 3.36. The van der Waals surface area contributed by atoms with E-state index < -0.39 is 11.9 Å². The van der Waals surface area contributed by atoms with E-state index in [0.29, 0.717) is 22.4 Å². The predicted molar refractivity (Wildman–Crippen MR) is 123 cm³/mol. The van der Waals surface area contributed by atoms with Crippen molar-refractivity contribution in [2.75, 3.05) is 5.32 Å². The molecule has 0 radical (unpaired) electrons. The quantitative estimate of drug-likeness (QED) is 0.342.